The highest BCUT2D eigenvalue weighted by Crippen LogP contribution is 2.22. The molecule has 29 heavy (non-hydrogen) atoms. The molecule has 2 heterocycles. The zero-order chi connectivity index (χ0) is 20.1. The van der Waals surface area contributed by atoms with Crippen LogP contribution >= 0.6 is 0 Å². The van der Waals surface area contributed by atoms with Crippen molar-refractivity contribution in [1.29, 1.82) is 5.26 Å². The zero-order valence-electron chi connectivity index (χ0n) is 16.2. The summed E-state index contributed by atoms with van der Waals surface area (Å²) in [6.45, 7) is 3.49. The normalized spacial score (nSPS) is 13.7. The molecule has 1 saturated heterocycles. The monoisotopic (exact) mass is 386 g/mol. The summed E-state index contributed by atoms with van der Waals surface area (Å²) in [6.07, 6.45) is 1.76. The van der Waals surface area contributed by atoms with Crippen LogP contribution in [0.25, 0.3) is 0 Å². The molecule has 146 valence electrons. The molecule has 1 aliphatic rings. The Balaban J connectivity index is 1.40. The van der Waals surface area contributed by atoms with Crippen molar-refractivity contribution in [3.05, 3.63) is 66.4 Å². The zero-order valence-corrected chi connectivity index (χ0v) is 16.2. The van der Waals surface area contributed by atoms with Gasteiger partial charge in [-0.1, -0.05) is 6.07 Å². The average Bonchev–Trinajstić information content (AvgIpc) is 2.79. The van der Waals surface area contributed by atoms with Crippen molar-refractivity contribution in [2.75, 3.05) is 48.4 Å². The molecule has 1 N–H and O–H groups in total. The largest absolute Gasteiger partial charge is 0.497 e. The molecule has 0 radical (unpaired) electrons. The molecule has 4 rings (SSSR count). The second-order valence-corrected chi connectivity index (χ2v) is 6.73. The van der Waals surface area contributed by atoms with Crippen molar-refractivity contribution in [3.63, 3.8) is 0 Å². The maximum atomic E-state index is 9.05. The maximum Gasteiger partial charge on any atom is 0.227 e. The summed E-state index contributed by atoms with van der Waals surface area (Å²) in [7, 11) is 1.68. The van der Waals surface area contributed by atoms with Gasteiger partial charge in [-0.25, -0.2) is 4.98 Å². The first-order valence-electron chi connectivity index (χ1n) is 9.49. The molecular formula is C22H22N6O. The number of aromatic nitrogens is 2. The lowest BCUT2D eigenvalue weighted by molar-refractivity contribution is 0.415. The predicted molar refractivity (Wildman–Crippen MR) is 114 cm³/mol. The smallest absolute Gasteiger partial charge is 0.227 e. The minimum absolute atomic E-state index is 0.610. The van der Waals surface area contributed by atoms with Gasteiger partial charge in [-0.2, -0.15) is 10.2 Å². The number of methoxy groups -OCH3 is 1. The van der Waals surface area contributed by atoms with E-state index in [0.29, 0.717) is 17.3 Å². The van der Waals surface area contributed by atoms with Crippen LogP contribution < -0.4 is 19.9 Å². The number of hydrogen-bond donors (Lipinski definition) is 1. The topological polar surface area (TPSA) is 77.3 Å². The summed E-state index contributed by atoms with van der Waals surface area (Å²) in [5, 5.41) is 12.3. The number of benzene rings is 2. The van der Waals surface area contributed by atoms with Gasteiger partial charge in [0, 0.05) is 43.8 Å². The van der Waals surface area contributed by atoms with Crippen LogP contribution in [0, 0.1) is 11.3 Å². The highest BCUT2D eigenvalue weighted by Gasteiger charge is 2.19. The van der Waals surface area contributed by atoms with Crippen molar-refractivity contribution in [2.45, 2.75) is 0 Å². The Labute approximate surface area is 170 Å². The van der Waals surface area contributed by atoms with Gasteiger partial charge >= 0.3 is 0 Å². The first kappa shape index (κ1) is 18.6. The van der Waals surface area contributed by atoms with E-state index in [1.165, 1.54) is 5.69 Å². The van der Waals surface area contributed by atoms with Crippen LogP contribution in [0.15, 0.2) is 60.8 Å². The van der Waals surface area contributed by atoms with E-state index in [0.717, 1.165) is 37.6 Å². The molecule has 3 aromatic rings. The molecule has 2 aromatic carbocycles. The fourth-order valence-electron chi connectivity index (χ4n) is 3.34. The van der Waals surface area contributed by atoms with E-state index in [1.807, 2.05) is 30.3 Å². The Morgan fingerprint density at radius 3 is 2.48 bits per heavy atom. The predicted octanol–water partition coefficient (Wildman–Crippen LogP) is 3.43. The first-order valence-corrected chi connectivity index (χ1v) is 9.49. The van der Waals surface area contributed by atoms with Crippen molar-refractivity contribution in [2.24, 2.45) is 0 Å². The van der Waals surface area contributed by atoms with Gasteiger partial charge in [0.1, 0.15) is 11.6 Å². The van der Waals surface area contributed by atoms with E-state index in [4.69, 9.17) is 10.00 Å². The highest BCUT2D eigenvalue weighted by molar-refractivity contribution is 5.59. The van der Waals surface area contributed by atoms with E-state index in [9.17, 15) is 0 Å². The molecule has 0 saturated carbocycles. The quantitative estimate of drug-likeness (QED) is 0.720. The first-order chi connectivity index (χ1) is 14.2. The number of nitrogens with zero attached hydrogens (tertiary/aromatic N) is 5. The minimum Gasteiger partial charge on any atom is -0.497 e. The Kier molecular flexibility index (Phi) is 5.43. The maximum absolute atomic E-state index is 9.05. The second kappa shape index (κ2) is 8.48. The fraction of sp³-hybridized carbons (Fsp3) is 0.227. The number of rotatable bonds is 5. The van der Waals surface area contributed by atoms with Crippen molar-refractivity contribution < 1.29 is 4.74 Å². The van der Waals surface area contributed by atoms with Gasteiger partial charge in [0.25, 0.3) is 0 Å². The summed E-state index contributed by atoms with van der Waals surface area (Å²) in [6, 6.07) is 19.5. The van der Waals surface area contributed by atoms with Gasteiger partial charge < -0.3 is 19.9 Å². The molecule has 7 nitrogen and oxygen atoms in total. The number of nitrogens with one attached hydrogen (secondary N) is 1. The SMILES string of the molecule is COc1ccc(N2CCN(c3nccc(Nc4cccc(C#N)c4)n3)CC2)cc1. The second-order valence-electron chi connectivity index (χ2n) is 6.73. The van der Waals surface area contributed by atoms with Crippen LogP contribution in [0.1, 0.15) is 5.56 Å². The van der Waals surface area contributed by atoms with Crippen LogP contribution in [-0.2, 0) is 0 Å². The molecule has 0 spiro atoms. The third kappa shape index (κ3) is 4.38. The molecule has 0 aliphatic carbocycles. The number of anilines is 4. The van der Waals surface area contributed by atoms with Crippen LogP contribution in [0.3, 0.4) is 0 Å². The molecule has 1 aliphatic heterocycles. The van der Waals surface area contributed by atoms with Crippen LogP contribution in [0.5, 0.6) is 5.75 Å². The third-order valence-electron chi connectivity index (χ3n) is 4.91. The standard InChI is InChI=1S/C22H22N6O/c1-29-20-7-5-19(6-8-20)27-11-13-28(14-12-27)22-24-10-9-21(26-22)25-18-4-2-3-17(15-18)16-23/h2-10,15H,11-14H2,1H3,(H,24,25,26). The lowest BCUT2D eigenvalue weighted by Crippen LogP contribution is -2.47. The van der Waals surface area contributed by atoms with E-state index in [1.54, 1.807) is 25.4 Å². The van der Waals surface area contributed by atoms with Crippen LogP contribution in [-0.4, -0.2) is 43.3 Å². The molecule has 0 atom stereocenters. The van der Waals surface area contributed by atoms with Crippen molar-refractivity contribution in [3.8, 4) is 11.8 Å². The van der Waals surface area contributed by atoms with E-state index in [-0.39, 0.29) is 0 Å². The van der Waals surface area contributed by atoms with Crippen LogP contribution in [0.2, 0.25) is 0 Å². The molecule has 1 aromatic heterocycles. The average molecular weight is 386 g/mol. The molecule has 1 fully saturated rings. The third-order valence-corrected chi connectivity index (χ3v) is 4.91. The summed E-state index contributed by atoms with van der Waals surface area (Å²) >= 11 is 0. The summed E-state index contributed by atoms with van der Waals surface area (Å²) in [5.41, 5.74) is 2.64. The number of nitriles is 1. The van der Waals surface area contributed by atoms with Gasteiger partial charge in [-0.3, -0.25) is 0 Å². The van der Waals surface area contributed by atoms with Gasteiger partial charge in [0.2, 0.25) is 5.95 Å². The number of hydrogen-bond acceptors (Lipinski definition) is 7. The van der Waals surface area contributed by atoms with Crippen molar-refractivity contribution >= 4 is 23.1 Å². The minimum atomic E-state index is 0.610. The highest BCUT2D eigenvalue weighted by atomic mass is 16.5. The Morgan fingerprint density at radius 2 is 1.76 bits per heavy atom. The van der Waals surface area contributed by atoms with Gasteiger partial charge in [-0.15, -0.1) is 0 Å². The molecule has 0 amide bonds. The lowest BCUT2D eigenvalue weighted by atomic mass is 10.2. The Hall–Kier alpha value is -3.79. The molecule has 7 heteroatoms. The summed E-state index contributed by atoms with van der Waals surface area (Å²) in [4.78, 5) is 13.6. The molecule has 0 unspecified atom stereocenters. The molecule has 0 bridgehead atoms. The van der Waals surface area contributed by atoms with Crippen molar-refractivity contribution in [1.82, 2.24) is 9.97 Å². The lowest BCUT2D eigenvalue weighted by Gasteiger charge is -2.36. The van der Waals surface area contributed by atoms with Gasteiger partial charge in [-0.05, 0) is 48.5 Å². The number of ether oxygens (including phenoxy) is 1. The van der Waals surface area contributed by atoms with E-state index < -0.39 is 0 Å². The van der Waals surface area contributed by atoms with Crippen LogP contribution in [0.4, 0.5) is 23.1 Å². The summed E-state index contributed by atoms with van der Waals surface area (Å²) < 4.78 is 5.23. The van der Waals surface area contributed by atoms with E-state index in [2.05, 4.69) is 43.3 Å². The number of piperazine rings is 1. The Bertz CT molecular complexity index is 1010. The van der Waals surface area contributed by atoms with Gasteiger partial charge in [0.05, 0.1) is 18.7 Å². The van der Waals surface area contributed by atoms with Gasteiger partial charge in [0.15, 0.2) is 0 Å². The fourth-order valence-corrected chi connectivity index (χ4v) is 3.34. The molecular weight excluding hydrogens is 364 g/mol. The Morgan fingerprint density at radius 1 is 1.00 bits per heavy atom. The van der Waals surface area contributed by atoms with E-state index >= 15 is 0 Å². The summed E-state index contributed by atoms with van der Waals surface area (Å²) in [5.74, 6) is 2.29.